The lowest BCUT2D eigenvalue weighted by Gasteiger charge is -2.11. The zero-order valence-electron chi connectivity index (χ0n) is 15.5. The minimum atomic E-state index is -0.529. The smallest absolute Gasteiger partial charge is 0.160 e. The van der Waals surface area contributed by atoms with E-state index in [4.69, 9.17) is 0 Å². The van der Waals surface area contributed by atoms with Crippen LogP contribution in [-0.4, -0.2) is 9.97 Å². The Morgan fingerprint density at radius 2 is 1.13 bits per heavy atom. The van der Waals surface area contributed by atoms with Crippen molar-refractivity contribution in [3.63, 3.8) is 0 Å². The zero-order chi connectivity index (χ0) is 21.1. The summed E-state index contributed by atoms with van der Waals surface area (Å²) in [5, 5.41) is 18.9. The molecule has 4 aromatic rings. The molecule has 0 unspecified atom stereocenters. The molecule has 0 amide bonds. The van der Waals surface area contributed by atoms with Gasteiger partial charge in [-0.25, -0.2) is 18.7 Å². The van der Waals surface area contributed by atoms with E-state index in [2.05, 4.69) is 9.97 Å². The first kappa shape index (κ1) is 18.9. The first-order chi connectivity index (χ1) is 14.6. The predicted octanol–water partition coefficient (Wildman–Crippen LogP) is 5.50. The maximum absolute atomic E-state index is 13.6. The third-order valence-electron chi connectivity index (χ3n) is 4.51. The van der Waals surface area contributed by atoms with Gasteiger partial charge in [-0.1, -0.05) is 30.3 Å². The Bertz CT molecular complexity index is 1250. The second kappa shape index (κ2) is 7.90. The SMILES string of the molecule is N#Cc1cc(F)ccc1-c1cc(-c2ccc(F)cc2C#N)nc(-c2ccccc2)n1. The summed E-state index contributed by atoms with van der Waals surface area (Å²) in [7, 11) is 0. The molecule has 0 saturated heterocycles. The van der Waals surface area contributed by atoms with Crippen molar-refractivity contribution in [3.8, 4) is 46.0 Å². The van der Waals surface area contributed by atoms with Crippen LogP contribution in [0.2, 0.25) is 0 Å². The van der Waals surface area contributed by atoms with Crippen molar-refractivity contribution in [2.24, 2.45) is 0 Å². The number of nitriles is 2. The lowest BCUT2D eigenvalue weighted by atomic mass is 10.0. The molecule has 0 spiro atoms. The summed E-state index contributed by atoms with van der Waals surface area (Å²) in [6, 6.07) is 22.5. The molecular weight excluding hydrogens is 382 g/mol. The molecule has 30 heavy (non-hydrogen) atoms. The van der Waals surface area contributed by atoms with Gasteiger partial charge < -0.3 is 0 Å². The van der Waals surface area contributed by atoms with E-state index in [1.54, 1.807) is 6.07 Å². The fraction of sp³-hybridized carbons (Fsp3) is 0. The average Bonchev–Trinajstić information content (AvgIpc) is 2.79. The molecule has 0 fully saturated rings. The Balaban J connectivity index is 2.00. The van der Waals surface area contributed by atoms with Crippen molar-refractivity contribution in [1.82, 2.24) is 9.97 Å². The standard InChI is InChI=1S/C24H12F2N4/c25-18-6-8-20(16(10-18)13-27)22-12-23(21-9-7-19(26)11-17(21)14-28)30-24(29-22)15-4-2-1-3-5-15/h1-12H. The fourth-order valence-corrected chi connectivity index (χ4v) is 3.10. The molecule has 4 nitrogen and oxygen atoms in total. The van der Waals surface area contributed by atoms with Crippen molar-refractivity contribution >= 4 is 0 Å². The van der Waals surface area contributed by atoms with E-state index >= 15 is 0 Å². The van der Waals surface area contributed by atoms with Crippen LogP contribution in [0.5, 0.6) is 0 Å². The number of rotatable bonds is 3. The number of benzene rings is 3. The minimum Gasteiger partial charge on any atom is -0.228 e. The van der Waals surface area contributed by atoms with E-state index in [0.29, 0.717) is 28.3 Å². The number of aromatic nitrogens is 2. The topological polar surface area (TPSA) is 73.4 Å². The Kier molecular flexibility index (Phi) is 4.99. The van der Waals surface area contributed by atoms with E-state index in [1.165, 1.54) is 24.3 Å². The molecule has 4 rings (SSSR count). The fourth-order valence-electron chi connectivity index (χ4n) is 3.10. The first-order valence-corrected chi connectivity index (χ1v) is 8.93. The molecule has 0 aliphatic rings. The third kappa shape index (κ3) is 3.63. The molecule has 1 heterocycles. The molecule has 0 aliphatic heterocycles. The van der Waals surface area contributed by atoms with Crippen LogP contribution < -0.4 is 0 Å². The Hall–Kier alpha value is -4.42. The van der Waals surface area contributed by atoms with Crippen LogP contribution in [0.4, 0.5) is 8.78 Å². The van der Waals surface area contributed by atoms with Gasteiger partial charge in [-0.05, 0) is 42.5 Å². The number of halogens is 2. The highest BCUT2D eigenvalue weighted by atomic mass is 19.1. The van der Waals surface area contributed by atoms with Gasteiger partial charge in [0.25, 0.3) is 0 Å². The van der Waals surface area contributed by atoms with Crippen molar-refractivity contribution in [3.05, 3.63) is 95.6 Å². The van der Waals surface area contributed by atoms with Gasteiger partial charge >= 0.3 is 0 Å². The maximum Gasteiger partial charge on any atom is 0.160 e. The van der Waals surface area contributed by atoms with Crippen LogP contribution in [-0.2, 0) is 0 Å². The van der Waals surface area contributed by atoms with Crippen LogP contribution in [0.15, 0.2) is 72.8 Å². The highest BCUT2D eigenvalue weighted by Crippen LogP contribution is 2.31. The molecule has 142 valence electrons. The van der Waals surface area contributed by atoms with Crippen molar-refractivity contribution in [2.75, 3.05) is 0 Å². The van der Waals surface area contributed by atoms with Gasteiger partial charge in [0.05, 0.1) is 34.7 Å². The van der Waals surface area contributed by atoms with Crippen LogP contribution >= 0.6 is 0 Å². The van der Waals surface area contributed by atoms with Gasteiger partial charge in [0, 0.05) is 16.7 Å². The maximum atomic E-state index is 13.6. The molecule has 0 radical (unpaired) electrons. The number of hydrogen-bond acceptors (Lipinski definition) is 4. The van der Waals surface area contributed by atoms with Gasteiger partial charge in [0.2, 0.25) is 0 Å². The van der Waals surface area contributed by atoms with Crippen LogP contribution in [0.3, 0.4) is 0 Å². The lowest BCUT2D eigenvalue weighted by Crippen LogP contribution is -1.98. The van der Waals surface area contributed by atoms with Crippen molar-refractivity contribution < 1.29 is 8.78 Å². The van der Waals surface area contributed by atoms with E-state index in [9.17, 15) is 19.3 Å². The van der Waals surface area contributed by atoms with Gasteiger partial charge in [-0.3, -0.25) is 0 Å². The summed E-state index contributed by atoms with van der Waals surface area (Å²) in [6.45, 7) is 0. The van der Waals surface area contributed by atoms with E-state index in [1.807, 2.05) is 42.5 Å². The number of hydrogen-bond donors (Lipinski definition) is 0. The summed E-state index contributed by atoms with van der Waals surface area (Å²) in [5.41, 5.74) is 2.62. The quantitative estimate of drug-likeness (QED) is 0.460. The van der Waals surface area contributed by atoms with Crippen LogP contribution in [0.25, 0.3) is 33.9 Å². The summed E-state index contributed by atoms with van der Waals surface area (Å²) in [6.07, 6.45) is 0. The van der Waals surface area contributed by atoms with Crippen molar-refractivity contribution in [1.29, 1.82) is 10.5 Å². The summed E-state index contributed by atoms with van der Waals surface area (Å²) in [4.78, 5) is 9.14. The molecule has 3 aromatic carbocycles. The summed E-state index contributed by atoms with van der Waals surface area (Å²) in [5.74, 6) is -0.694. The van der Waals surface area contributed by atoms with E-state index in [-0.39, 0.29) is 11.1 Å². The van der Waals surface area contributed by atoms with Gasteiger partial charge in [0.15, 0.2) is 5.82 Å². The summed E-state index contributed by atoms with van der Waals surface area (Å²) >= 11 is 0. The normalized spacial score (nSPS) is 10.3. The molecule has 0 N–H and O–H groups in total. The third-order valence-corrected chi connectivity index (χ3v) is 4.51. The average molecular weight is 394 g/mol. The number of nitrogens with zero attached hydrogens (tertiary/aromatic N) is 4. The van der Waals surface area contributed by atoms with Crippen LogP contribution in [0, 0.1) is 34.3 Å². The molecule has 1 aromatic heterocycles. The van der Waals surface area contributed by atoms with Gasteiger partial charge in [0.1, 0.15) is 11.6 Å². The lowest BCUT2D eigenvalue weighted by molar-refractivity contribution is 0.627. The Morgan fingerprint density at radius 3 is 1.60 bits per heavy atom. The summed E-state index contributed by atoms with van der Waals surface area (Å²) < 4.78 is 27.2. The van der Waals surface area contributed by atoms with Crippen molar-refractivity contribution in [2.45, 2.75) is 0 Å². The molecule has 6 heteroatoms. The zero-order valence-corrected chi connectivity index (χ0v) is 15.5. The molecule has 0 saturated carbocycles. The first-order valence-electron chi connectivity index (χ1n) is 8.93. The highest BCUT2D eigenvalue weighted by Gasteiger charge is 2.16. The van der Waals surface area contributed by atoms with E-state index < -0.39 is 11.6 Å². The second-order valence-electron chi connectivity index (χ2n) is 6.43. The molecule has 0 aliphatic carbocycles. The Morgan fingerprint density at radius 1 is 0.633 bits per heavy atom. The molecule has 0 atom stereocenters. The van der Waals surface area contributed by atoms with Gasteiger partial charge in [-0.15, -0.1) is 0 Å². The highest BCUT2D eigenvalue weighted by molar-refractivity contribution is 5.76. The Labute approximate surface area is 171 Å². The largest absolute Gasteiger partial charge is 0.228 e. The minimum absolute atomic E-state index is 0.123. The monoisotopic (exact) mass is 394 g/mol. The van der Waals surface area contributed by atoms with Gasteiger partial charge in [-0.2, -0.15) is 10.5 Å². The second-order valence-corrected chi connectivity index (χ2v) is 6.43. The predicted molar refractivity (Wildman–Crippen MR) is 108 cm³/mol. The molecule has 0 bridgehead atoms. The molecular formula is C24H12F2N4. The van der Waals surface area contributed by atoms with E-state index in [0.717, 1.165) is 17.7 Å². The van der Waals surface area contributed by atoms with Crippen LogP contribution in [0.1, 0.15) is 11.1 Å².